The second-order valence-corrected chi connectivity index (χ2v) is 9.76. The van der Waals surface area contributed by atoms with Gasteiger partial charge in [-0.15, -0.1) is 0 Å². The van der Waals surface area contributed by atoms with Gasteiger partial charge in [-0.1, -0.05) is 18.6 Å². The Bertz CT molecular complexity index is 1370. The largest absolute Gasteiger partial charge is 0.490 e. The lowest BCUT2D eigenvalue weighted by molar-refractivity contribution is -0.136. The molecule has 2 aliphatic heterocycles. The van der Waals surface area contributed by atoms with Crippen molar-refractivity contribution in [2.45, 2.75) is 52.0 Å². The highest BCUT2D eigenvalue weighted by atomic mass is 19.1. The zero-order valence-corrected chi connectivity index (χ0v) is 20.3. The Labute approximate surface area is 203 Å². The van der Waals surface area contributed by atoms with Crippen LogP contribution >= 0.6 is 0 Å². The van der Waals surface area contributed by atoms with Crippen molar-refractivity contribution in [1.29, 1.82) is 0 Å². The van der Waals surface area contributed by atoms with Crippen LogP contribution in [-0.2, 0) is 31.2 Å². The lowest BCUT2D eigenvalue weighted by Gasteiger charge is -2.27. The van der Waals surface area contributed by atoms with Crippen molar-refractivity contribution in [1.82, 2.24) is 9.47 Å². The van der Waals surface area contributed by atoms with Crippen LogP contribution in [0, 0.1) is 12.7 Å². The SMILES string of the molecule is Cc1c(-c2c(CC(=O)O)n(C)c(=O)c3cc(CN4CCCCC4)ccc23)cc(F)c2c1CCCO2. The number of hydrogen-bond acceptors (Lipinski definition) is 4. The zero-order valence-electron chi connectivity index (χ0n) is 20.3. The van der Waals surface area contributed by atoms with Gasteiger partial charge in [-0.25, -0.2) is 4.39 Å². The summed E-state index contributed by atoms with van der Waals surface area (Å²) in [7, 11) is 1.61. The van der Waals surface area contributed by atoms with Gasteiger partial charge in [0.25, 0.3) is 5.56 Å². The number of ether oxygens (including phenoxy) is 1. The minimum Gasteiger partial charge on any atom is -0.490 e. The molecule has 184 valence electrons. The maximum Gasteiger partial charge on any atom is 0.309 e. The molecule has 1 aromatic heterocycles. The van der Waals surface area contributed by atoms with Gasteiger partial charge in [0.15, 0.2) is 11.6 Å². The van der Waals surface area contributed by atoms with Gasteiger partial charge < -0.3 is 14.4 Å². The van der Waals surface area contributed by atoms with Crippen LogP contribution in [0.3, 0.4) is 0 Å². The second-order valence-electron chi connectivity index (χ2n) is 9.76. The molecule has 0 spiro atoms. The first-order valence-electron chi connectivity index (χ1n) is 12.4. The molecule has 7 heteroatoms. The Morgan fingerprint density at radius 2 is 1.89 bits per heavy atom. The quantitative estimate of drug-likeness (QED) is 0.581. The molecule has 0 saturated carbocycles. The predicted octanol–water partition coefficient (Wildman–Crippen LogP) is 4.59. The van der Waals surface area contributed by atoms with Crippen molar-refractivity contribution < 1.29 is 19.0 Å². The summed E-state index contributed by atoms with van der Waals surface area (Å²) in [5, 5.41) is 10.8. The molecule has 0 unspecified atom stereocenters. The highest BCUT2D eigenvalue weighted by Crippen LogP contribution is 2.40. The van der Waals surface area contributed by atoms with Crippen LogP contribution < -0.4 is 10.3 Å². The van der Waals surface area contributed by atoms with Crippen molar-refractivity contribution >= 4 is 16.7 Å². The molecule has 0 aliphatic carbocycles. The number of carboxylic acids is 1. The molecule has 3 heterocycles. The Morgan fingerprint density at radius 1 is 1.11 bits per heavy atom. The zero-order chi connectivity index (χ0) is 24.7. The molecule has 0 atom stereocenters. The van der Waals surface area contributed by atoms with E-state index in [0.29, 0.717) is 40.6 Å². The second kappa shape index (κ2) is 9.46. The number of nitrogens with zero attached hydrogens (tertiary/aromatic N) is 2. The summed E-state index contributed by atoms with van der Waals surface area (Å²) < 4.78 is 22.2. The van der Waals surface area contributed by atoms with Gasteiger partial charge in [0.1, 0.15) is 0 Å². The van der Waals surface area contributed by atoms with E-state index in [9.17, 15) is 14.7 Å². The standard InChI is InChI=1S/C28H31FN2O4/c1-17-19-7-6-12-35-27(19)23(29)14-21(17)26-20-9-8-18(16-31-10-4-3-5-11-31)13-22(20)28(34)30(2)24(26)15-25(32)33/h8-9,13-14H,3-7,10-12,15-16H2,1-2H3,(H,32,33). The van der Waals surface area contributed by atoms with Crippen molar-refractivity contribution in [2.24, 2.45) is 7.05 Å². The van der Waals surface area contributed by atoms with Crippen LogP contribution in [0.25, 0.3) is 21.9 Å². The molecule has 0 bridgehead atoms. The number of fused-ring (bicyclic) bond motifs is 2. The summed E-state index contributed by atoms with van der Waals surface area (Å²) >= 11 is 0. The normalized spacial score (nSPS) is 16.2. The Hall–Kier alpha value is -3.19. The van der Waals surface area contributed by atoms with Crippen LogP contribution in [-0.4, -0.2) is 40.2 Å². The first-order chi connectivity index (χ1) is 16.8. The fraction of sp³-hybridized carbons (Fsp3) is 0.429. The topological polar surface area (TPSA) is 71.8 Å². The van der Waals surface area contributed by atoms with E-state index in [1.165, 1.54) is 29.9 Å². The molecule has 6 nitrogen and oxygen atoms in total. The number of aromatic nitrogens is 1. The molecule has 0 amide bonds. The summed E-state index contributed by atoms with van der Waals surface area (Å²) in [5.74, 6) is -1.21. The molecule has 1 N–H and O–H groups in total. The van der Waals surface area contributed by atoms with E-state index < -0.39 is 11.8 Å². The summed E-state index contributed by atoms with van der Waals surface area (Å²) in [6, 6.07) is 7.28. The van der Waals surface area contributed by atoms with Crippen LogP contribution in [0.2, 0.25) is 0 Å². The third-order valence-electron chi connectivity index (χ3n) is 7.46. The van der Waals surface area contributed by atoms with Gasteiger partial charge in [0.2, 0.25) is 0 Å². The smallest absolute Gasteiger partial charge is 0.309 e. The highest BCUT2D eigenvalue weighted by Gasteiger charge is 2.25. The predicted molar refractivity (Wildman–Crippen MR) is 134 cm³/mol. The molecule has 2 aromatic carbocycles. The molecule has 35 heavy (non-hydrogen) atoms. The maximum atomic E-state index is 15.2. The molecule has 3 aromatic rings. The third-order valence-corrected chi connectivity index (χ3v) is 7.46. The van der Waals surface area contributed by atoms with Gasteiger partial charge in [0.05, 0.1) is 13.0 Å². The molecule has 1 saturated heterocycles. The first-order valence-corrected chi connectivity index (χ1v) is 12.4. The number of carboxylic acid groups (broad SMARTS) is 1. The minimum absolute atomic E-state index is 0.236. The van der Waals surface area contributed by atoms with Crippen molar-refractivity contribution in [3.05, 3.63) is 62.8 Å². The lowest BCUT2D eigenvalue weighted by atomic mass is 9.88. The lowest BCUT2D eigenvalue weighted by Crippen LogP contribution is -2.29. The number of halogens is 1. The van der Waals surface area contributed by atoms with Gasteiger partial charge in [0, 0.05) is 35.8 Å². The highest BCUT2D eigenvalue weighted by molar-refractivity contribution is 5.99. The van der Waals surface area contributed by atoms with Crippen molar-refractivity contribution in [3.8, 4) is 16.9 Å². The van der Waals surface area contributed by atoms with E-state index >= 15 is 4.39 Å². The van der Waals surface area contributed by atoms with Crippen molar-refractivity contribution in [2.75, 3.05) is 19.7 Å². The average Bonchev–Trinajstić information content (AvgIpc) is 2.86. The van der Waals surface area contributed by atoms with Crippen LogP contribution in [0.15, 0.2) is 29.1 Å². The third kappa shape index (κ3) is 4.33. The summed E-state index contributed by atoms with van der Waals surface area (Å²) in [5.41, 5.74) is 4.10. The van der Waals surface area contributed by atoms with Crippen molar-refractivity contribution in [3.63, 3.8) is 0 Å². The number of carbonyl (C=O) groups is 1. The van der Waals surface area contributed by atoms with Gasteiger partial charge >= 0.3 is 5.97 Å². The monoisotopic (exact) mass is 478 g/mol. The fourth-order valence-electron chi connectivity index (χ4n) is 5.66. The number of benzene rings is 2. The maximum absolute atomic E-state index is 15.2. The Kier molecular flexibility index (Phi) is 6.36. The molecule has 1 fully saturated rings. The van der Waals surface area contributed by atoms with Crippen LogP contribution in [0.4, 0.5) is 4.39 Å². The number of aliphatic carboxylic acids is 1. The number of pyridine rings is 1. The summed E-state index contributed by atoms with van der Waals surface area (Å²) in [4.78, 5) is 27.6. The Balaban J connectivity index is 1.74. The summed E-state index contributed by atoms with van der Waals surface area (Å²) in [6.07, 6.45) is 4.79. The molecule has 0 radical (unpaired) electrons. The Morgan fingerprint density at radius 3 is 2.63 bits per heavy atom. The van der Waals surface area contributed by atoms with E-state index in [1.54, 1.807) is 7.05 Å². The average molecular weight is 479 g/mol. The van der Waals surface area contributed by atoms with Crippen LogP contribution in [0.1, 0.15) is 48.1 Å². The van der Waals surface area contributed by atoms with E-state index in [1.807, 2.05) is 25.1 Å². The number of likely N-dealkylation sites (tertiary alicyclic amines) is 1. The van der Waals surface area contributed by atoms with Gasteiger partial charge in [-0.05, 0) is 79.9 Å². The van der Waals surface area contributed by atoms with E-state index in [2.05, 4.69) is 4.90 Å². The van der Waals surface area contributed by atoms with Gasteiger partial charge in [-0.2, -0.15) is 0 Å². The van der Waals surface area contributed by atoms with Gasteiger partial charge in [-0.3, -0.25) is 14.5 Å². The first kappa shape index (κ1) is 23.5. The van der Waals surface area contributed by atoms with Crippen LogP contribution in [0.5, 0.6) is 5.75 Å². The molecule has 2 aliphatic rings. The molecular weight excluding hydrogens is 447 g/mol. The summed E-state index contributed by atoms with van der Waals surface area (Å²) in [6.45, 7) is 5.28. The molecule has 5 rings (SSSR count). The fourth-order valence-corrected chi connectivity index (χ4v) is 5.66. The van der Waals surface area contributed by atoms with E-state index in [0.717, 1.165) is 42.7 Å². The molecular formula is C28H31FN2O4. The number of rotatable bonds is 5. The number of piperidine rings is 1. The van der Waals surface area contributed by atoms with E-state index in [-0.39, 0.29) is 17.7 Å². The number of hydrogen-bond donors (Lipinski definition) is 1. The van der Waals surface area contributed by atoms with E-state index in [4.69, 9.17) is 4.74 Å². The minimum atomic E-state index is -1.04.